The van der Waals surface area contributed by atoms with Crippen LogP contribution in [0.25, 0.3) is 0 Å². The summed E-state index contributed by atoms with van der Waals surface area (Å²) < 4.78 is 26.9. The van der Waals surface area contributed by atoms with Gasteiger partial charge in [0.1, 0.15) is 5.82 Å². The number of nitrogens with zero attached hydrogens (tertiary/aromatic N) is 2. The fourth-order valence-electron chi connectivity index (χ4n) is 2.71. The Balaban J connectivity index is 1.79. The summed E-state index contributed by atoms with van der Waals surface area (Å²) in [7, 11) is 0. The molecule has 22 heavy (non-hydrogen) atoms. The zero-order valence-electron chi connectivity index (χ0n) is 11.9. The number of amides is 2. The van der Waals surface area contributed by atoms with E-state index in [0.717, 1.165) is 25.3 Å². The lowest BCUT2D eigenvalue weighted by molar-refractivity contribution is 0.159. The standard InChI is InChI=1S/C15H16F2N4O/c16-10-4-3-5-11(13(10)17)20-15(22)21-9-2-1-6-12(21)14-18-7-8-19-14/h3-5,7-8,12H,1-2,6,9H2,(H,18,19)(H,20,22)/t12-/m1/s1. The number of likely N-dealkylation sites (tertiary alicyclic amines) is 1. The first kappa shape index (κ1) is 14.5. The topological polar surface area (TPSA) is 61.0 Å². The largest absolute Gasteiger partial charge is 0.347 e. The molecule has 0 aliphatic carbocycles. The number of anilines is 1. The molecule has 1 saturated heterocycles. The molecule has 2 aromatic rings. The van der Waals surface area contributed by atoms with Crippen molar-refractivity contribution in [1.29, 1.82) is 0 Å². The molecule has 1 fully saturated rings. The van der Waals surface area contributed by atoms with Gasteiger partial charge in [0.25, 0.3) is 0 Å². The minimum atomic E-state index is -1.05. The highest BCUT2D eigenvalue weighted by Crippen LogP contribution is 2.29. The Labute approximate surface area is 126 Å². The lowest BCUT2D eigenvalue weighted by Gasteiger charge is -2.34. The maximum absolute atomic E-state index is 13.7. The van der Waals surface area contributed by atoms with Crippen molar-refractivity contribution >= 4 is 11.7 Å². The molecule has 1 aliphatic heterocycles. The minimum Gasteiger partial charge on any atom is -0.347 e. The van der Waals surface area contributed by atoms with Gasteiger partial charge in [-0.15, -0.1) is 0 Å². The van der Waals surface area contributed by atoms with E-state index in [1.54, 1.807) is 17.3 Å². The number of nitrogens with one attached hydrogen (secondary N) is 2. The summed E-state index contributed by atoms with van der Waals surface area (Å²) in [4.78, 5) is 21.2. The summed E-state index contributed by atoms with van der Waals surface area (Å²) in [6.07, 6.45) is 5.98. The van der Waals surface area contributed by atoms with E-state index >= 15 is 0 Å². The van der Waals surface area contributed by atoms with E-state index in [9.17, 15) is 13.6 Å². The van der Waals surface area contributed by atoms with Crippen molar-refractivity contribution in [3.8, 4) is 0 Å². The third-order valence-electron chi connectivity index (χ3n) is 3.79. The highest BCUT2D eigenvalue weighted by atomic mass is 19.2. The lowest BCUT2D eigenvalue weighted by Crippen LogP contribution is -2.41. The van der Waals surface area contributed by atoms with Gasteiger partial charge in [0.2, 0.25) is 0 Å². The number of hydrogen-bond donors (Lipinski definition) is 2. The summed E-state index contributed by atoms with van der Waals surface area (Å²) in [5.41, 5.74) is -0.159. The van der Waals surface area contributed by atoms with E-state index in [0.29, 0.717) is 12.4 Å². The summed E-state index contributed by atoms with van der Waals surface area (Å²) >= 11 is 0. The van der Waals surface area contributed by atoms with Gasteiger partial charge in [-0.3, -0.25) is 0 Å². The Morgan fingerprint density at radius 3 is 3.00 bits per heavy atom. The van der Waals surface area contributed by atoms with Crippen LogP contribution in [0.3, 0.4) is 0 Å². The van der Waals surface area contributed by atoms with Crippen molar-refractivity contribution in [3.63, 3.8) is 0 Å². The van der Waals surface area contributed by atoms with Crippen LogP contribution in [-0.4, -0.2) is 27.4 Å². The van der Waals surface area contributed by atoms with E-state index in [4.69, 9.17) is 0 Å². The maximum atomic E-state index is 13.7. The van der Waals surface area contributed by atoms with Crippen LogP contribution in [0, 0.1) is 11.6 Å². The predicted molar refractivity (Wildman–Crippen MR) is 77.3 cm³/mol. The van der Waals surface area contributed by atoms with Gasteiger partial charge in [0.15, 0.2) is 11.6 Å². The number of aromatic nitrogens is 2. The first-order valence-electron chi connectivity index (χ1n) is 7.17. The predicted octanol–water partition coefficient (Wildman–Crippen LogP) is 3.45. The molecule has 1 aliphatic rings. The Hall–Kier alpha value is -2.44. The molecule has 5 nitrogen and oxygen atoms in total. The number of benzene rings is 1. The van der Waals surface area contributed by atoms with Gasteiger partial charge in [0, 0.05) is 18.9 Å². The number of piperidine rings is 1. The average Bonchev–Trinajstić information content (AvgIpc) is 3.06. The van der Waals surface area contributed by atoms with Gasteiger partial charge < -0.3 is 15.2 Å². The van der Waals surface area contributed by atoms with Gasteiger partial charge >= 0.3 is 6.03 Å². The fourth-order valence-corrected chi connectivity index (χ4v) is 2.71. The number of imidazole rings is 1. The normalized spacial score (nSPS) is 18.3. The first-order valence-corrected chi connectivity index (χ1v) is 7.17. The second kappa shape index (κ2) is 6.13. The molecule has 2 N–H and O–H groups in total. The zero-order chi connectivity index (χ0) is 15.5. The van der Waals surface area contributed by atoms with Crippen molar-refractivity contribution in [2.75, 3.05) is 11.9 Å². The monoisotopic (exact) mass is 306 g/mol. The molecule has 7 heteroatoms. The molecule has 0 radical (unpaired) electrons. The van der Waals surface area contributed by atoms with Crippen molar-refractivity contribution < 1.29 is 13.6 Å². The van der Waals surface area contributed by atoms with Crippen LogP contribution in [0.2, 0.25) is 0 Å². The van der Waals surface area contributed by atoms with Crippen LogP contribution < -0.4 is 5.32 Å². The SMILES string of the molecule is O=C(Nc1cccc(F)c1F)N1CCCC[C@@H]1c1ncc[nH]1. The second-order valence-corrected chi connectivity index (χ2v) is 5.21. The molecule has 1 aromatic carbocycles. The molecule has 116 valence electrons. The summed E-state index contributed by atoms with van der Waals surface area (Å²) in [5, 5.41) is 2.44. The number of urea groups is 1. The maximum Gasteiger partial charge on any atom is 0.322 e. The zero-order valence-corrected chi connectivity index (χ0v) is 11.9. The minimum absolute atomic E-state index is 0.159. The van der Waals surface area contributed by atoms with Crippen LogP contribution in [0.5, 0.6) is 0 Å². The Morgan fingerprint density at radius 2 is 2.23 bits per heavy atom. The number of aromatic amines is 1. The lowest BCUT2D eigenvalue weighted by atomic mass is 10.0. The molecule has 2 heterocycles. The molecule has 0 bridgehead atoms. The quantitative estimate of drug-likeness (QED) is 0.892. The van der Waals surface area contributed by atoms with E-state index in [1.807, 2.05) is 0 Å². The number of hydrogen-bond acceptors (Lipinski definition) is 2. The van der Waals surface area contributed by atoms with Crippen molar-refractivity contribution in [1.82, 2.24) is 14.9 Å². The van der Waals surface area contributed by atoms with E-state index in [-0.39, 0.29) is 11.7 Å². The third-order valence-corrected chi connectivity index (χ3v) is 3.79. The number of rotatable bonds is 2. The highest BCUT2D eigenvalue weighted by Gasteiger charge is 2.30. The molecular formula is C15H16F2N4O. The fraction of sp³-hybridized carbons (Fsp3) is 0.333. The molecular weight excluding hydrogens is 290 g/mol. The van der Waals surface area contributed by atoms with Crippen molar-refractivity contribution in [2.24, 2.45) is 0 Å². The summed E-state index contributed by atoms with van der Waals surface area (Å²) in [6.45, 7) is 0.550. The number of carbonyl (C=O) groups excluding carboxylic acids is 1. The Morgan fingerprint density at radius 1 is 1.36 bits per heavy atom. The van der Waals surface area contributed by atoms with Crippen molar-refractivity contribution in [2.45, 2.75) is 25.3 Å². The second-order valence-electron chi connectivity index (χ2n) is 5.21. The molecule has 3 rings (SSSR count). The smallest absolute Gasteiger partial charge is 0.322 e. The molecule has 2 amide bonds. The molecule has 0 saturated carbocycles. The van der Waals surface area contributed by atoms with E-state index in [1.165, 1.54) is 12.1 Å². The molecule has 1 aromatic heterocycles. The van der Waals surface area contributed by atoms with Crippen LogP contribution in [0.15, 0.2) is 30.6 Å². The molecule has 0 spiro atoms. The van der Waals surface area contributed by atoms with Gasteiger partial charge in [0.05, 0.1) is 11.7 Å². The van der Waals surface area contributed by atoms with Crippen LogP contribution >= 0.6 is 0 Å². The van der Waals surface area contributed by atoms with Crippen LogP contribution in [-0.2, 0) is 0 Å². The number of carbonyl (C=O) groups is 1. The Kier molecular flexibility index (Phi) is 4.04. The summed E-state index contributed by atoms with van der Waals surface area (Å²) in [6, 6.07) is 3.07. The highest BCUT2D eigenvalue weighted by molar-refractivity contribution is 5.89. The Bertz CT molecular complexity index is 660. The summed E-state index contributed by atoms with van der Waals surface area (Å²) in [5.74, 6) is -1.34. The van der Waals surface area contributed by atoms with Gasteiger partial charge in [-0.2, -0.15) is 0 Å². The van der Waals surface area contributed by atoms with Gasteiger partial charge in [-0.25, -0.2) is 18.6 Å². The van der Waals surface area contributed by atoms with Crippen molar-refractivity contribution in [3.05, 3.63) is 48.1 Å². The van der Waals surface area contributed by atoms with Crippen LogP contribution in [0.1, 0.15) is 31.1 Å². The van der Waals surface area contributed by atoms with Gasteiger partial charge in [-0.1, -0.05) is 6.07 Å². The number of halogens is 2. The first-order chi connectivity index (χ1) is 10.7. The third kappa shape index (κ3) is 2.79. The number of H-pyrrole nitrogens is 1. The molecule has 1 atom stereocenters. The van der Waals surface area contributed by atoms with E-state index in [2.05, 4.69) is 15.3 Å². The van der Waals surface area contributed by atoms with E-state index < -0.39 is 17.7 Å². The van der Waals surface area contributed by atoms with Crippen LogP contribution in [0.4, 0.5) is 19.3 Å². The average molecular weight is 306 g/mol. The van der Waals surface area contributed by atoms with Gasteiger partial charge in [-0.05, 0) is 31.4 Å². The molecule has 0 unspecified atom stereocenters.